The fourth-order valence-corrected chi connectivity index (χ4v) is 3.07. The molecule has 2 heterocycles. The molecule has 1 aromatic heterocycles. The van der Waals surface area contributed by atoms with Crippen LogP contribution in [-0.4, -0.2) is 47.7 Å². The molecule has 0 aliphatic carbocycles. The van der Waals surface area contributed by atoms with Crippen LogP contribution < -0.4 is 10.1 Å². The molecule has 134 valence electrons. The third-order valence-corrected chi connectivity index (χ3v) is 4.46. The van der Waals surface area contributed by atoms with Crippen molar-refractivity contribution >= 4 is 11.6 Å². The second kappa shape index (κ2) is 8.00. The van der Waals surface area contributed by atoms with Crippen LogP contribution >= 0.6 is 0 Å². The van der Waals surface area contributed by atoms with Crippen molar-refractivity contribution < 1.29 is 14.1 Å². The highest BCUT2D eigenvalue weighted by atomic mass is 16.5. The number of carbonyl (C=O) groups is 1. The highest BCUT2D eigenvalue weighted by Crippen LogP contribution is 2.26. The van der Waals surface area contributed by atoms with Crippen molar-refractivity contribution in [3.8, 4) is 5.75 Å². The van der Waals surface area contributed by atoms with Crippen molar-refractivity contribution in [3.05, 3.63) is 36.0 Å². The van der Waals surface area contributed by atoms with E-state index in [4.69, 9.17) is 9.26 Å². The van der Waals surface area contributed by atoms with E-state index in [2.05, 4.69) is 15.5 Å². The molecule has 3 rings (SSSR count). The Hall–Kier alpha value is -2.57. The summed E-state index contributed by atoms with van der Waals surface area (Å²) in [5.74, 6) is 2.30. The third kappa shape index (κ3) is 4.10. The van der Waals surface area contributed by atoms with Gasteiger partial charge in [-0.05, 0) is 25.0 Å². The van der Waals surface area contributed by atoms with E-state index in [0.29, 0.717) is 18.3 Å². The van der Waals surface area contributed by atoms with Gasteiger partial charge in [0.15, 0.2) is 5.82 Å². The molecule has 1 aliphatic heterocycles. The lowest BCUT2D eigenvalue weighted by atomic mass is 9.97. The van der Waals surface area contributed by atoms with Gasteiger partial charge in [0, 0.05) is 25.4 Å². The molecule has 1 N–H and O–H groups in total. The number of methoxy groups -OCH3 is 1. The summed E-state index contributed by atoms with van der Waals surface area (Å²) in [6.45, 7) is 3.62. The van der Waals surface area contributed by atoms with E-state index < -0.39 is 0 Å². The number of aromatic nitrogens is 2. The van der Waals surface area contributed by atoms with Gasteiger partial charge >= 0.3 is 0 Å². The number of carbonyl (C=O) groups excluding carboxylic acids is 1. The van der Waals surface area contributed by atoms with E-state index in [-0.39, 0.29) is 18.4 Å². The van der Waals surface area contributed by atoms with E-state index in [9.17, 15) is 4.79 Å². The number of para-hydroxylation sites is 2. The van der Waals surface area contributed by atoms with Gasteiger partial charge in [0.25, 0.3) is 0 Å². The summed E-state index contributed by atoms with van der Waals surface area (Å²) in [5, 5.41) is 7.23. The van der Waals surface area contributed by atoms with Crippen LogP contribution in [0.15, 0.2) is 28.8 Å². The average Bonchev–Trinajstić information content (AvgIpc) is 3.15. The number of benzene rings is 1. The first-order chi connectivity index (χ1) is 12.2. The Morgan fingerprint density at radius 2 is 2.28 bits per heavy atom. The quantitative estimate of drug-likeness (QED) is 0.867. The van der Waals surface area contributed by atoms with Crippen LogP contribution in [0.3, 0.4) is 0 Å². The number of nitrogens with zero attached hydrogens (tertiary/aromatic N) is 3. The molecule has 25 heavy (non-hydrogen) atoms. The van der Waals surface area contributed by atoms with Crippen molar-refractivity contribution in [2.24, 2.45) is 0 Å². The van der Waals surface area contributed by atoms with Crippen molar-refractivity contribution in [2.75, 3.05) is 32.1 Å². The predicted octanol–water partition coefficient (Wildman–Crippen LogP) is 2.46. The Balaban J connectivity index is 1.58. The number of likely N-dealkylation sites (tertiary alicyclic amines) is 1. The van der Waals surface area contributed by atoms with Crippen LogP contribution in [0, 0.1) is 0 Å². The second-order valence-corrected chi connectivity index (χ2v) is 6.13. The van der Waals surface area contributed by atoms with Crippen molar-refractivity contribution in [1.82, 2.24) is 15.0 Å². The van der Waals surface area contributed by atoms with Gasteiger partial charge in [-0.3, -0.25) is 4.79 Å². The number of ether oxygens (including phenoxy) is 1. The van der Waals surface area contributed by atoms with Crippen LogP contribution in [0.5, 0.6) is 5.75 Å². The van der Waals surface area contributed by atoms with E-state index in [1.807, 2.05) is 36.1 Å². The van der Waals surface area contributed by atoms with Gasteiger partial charge in [0.2, 0.25) is 11.8 Å². The topological polar surface area (TPSA) is 80.5 Å². The van der Waals surface area contributed by atoms with Crippen LogP contribution in [0.4, 0.5) is 5.69 Å². The molecule has 1 aromatic carbocycles. The van der Waals surface area contributed by atoms with Gasteiger partial charge in [-0.2, -0.15) is 4.98 Å². The number of nitrogens with one attached hydrogen (secondary N) is 1. The molecule has 1 saturated heterocycles. The summed E-state index contributed by atoms with van der Waals surface area (Å²) >= 11 is 0. The Labute approximate surface area is 147 Å². The summed E-state index contributed by atoms with van der Waals surface area (Å²) in [7, 11) is 1.62. The normalized spacial score (nSPS) is 17.4. The summed E-state index contributed by atoms with van der Waals surface area (Å²) in [4.78, 5) is 18.9. The molecule has 1 fully saturated rings. The molecule has 0 spiro atoms. The molecule has 1 aliphatic rings. The molecule has 2 aromatic rings. The smallest absolute Gasteiger partial charge is 0.241 e. The van der Waals surface area contributed by atoms with Gasteiger partial charge < -0.3 is 19.5 Å². The fourth-order valence-electron chi connectivity index (χ4n) is 3.07. The number of rotatable bonds is 6. The van der Waals surface area contributed by atoms with Crippen LogP contribution in [0.25, 0.3) is 0 Å². The van der Waals surface area contributed by atoms with E-state index in [1.54, 1.807) is 7.11 Å². The molecule has 1 amide bonds. The standard InChI is InChI=1S/C18H24N4O3/c1-3-16-20-18(21-25-16)13-7-6-10-22(12-13)17(23)11-19-14-8-4-5-9-15(14)24-2/h4-5,8-9,13,19H,3,6-7,10-12H2,1-2H3/t13-/m0/s1. The summed E-state index contributed by atoms with van der Waals surface area (Å²) in [5.41, 5.74) is 0.817. The predicted molar refractivity (Wildman–Crippen MR) is 93.7 cm³/mol. The Morgan fingerprint density at radius 1 is 1.44 bits per heavy atom. The van der Waals surface area contributed by atoms with E-state index in [1.165, 1.54) is 0 Å². The molecule has 0 saturated carbocycles. The Kier molecular flexibility index (Phi) is 5.53. The number of anilines is 1. The number of aryl methyl sites for hydroxylation is 1. The maximum absolute atomic E-state index is 12.6. The van der Waals surface area contributed by atoms with Gasteiger partial charge in [0.1, 0.15) is 5.75 Å². The molecular weight excluding hydrogens is 320 g/mol. The molecule has 0 bridgehead atoms. The monoisotopic (exact) mass is 344 g/mol. The second-order valence-electron chi connectivity index (χ2n) is 6.13. The summed E-state index contributed by atoms with van der Waals surface area (Å²) in [6.07, 6.45) is 2.65. The molecular formula is C18H24N4O3. The molecule has 7 nitrogen and oxygen atoms in total. The van der Waals surface area contributed by atoms with Crippen LogP contribution in [-0.2, 0) is 11.2 Å². The summed E-state index contributed by atoms with van der Waals surface area (Å²) in [6, 6.07) is 7.58. The number of amides is 1. The van der Waals surface area contributed by atoms with Gasteiger partial charge in [-0.25, -0.2) is 0 Å². The van der Waals surface area contributed by atoms with Gasteiger partial charge in [-0.15, -0.1) is 0 Å². The largest absolute Gasteiger partial charge is 0.495 e. The molecule has 0 unspecified atom stereocenters. The molecule has 7 heteroatoms. The first-order valence-electron chi connectivity index (χ1n) is 8.68. The highest BCUT2D eigenvalue weighted by molar-refractivity contribution is 5.81. The van der Waals surface area contributed by atoms with E-state index in [0.717, 1.165) is 37.2 Å². The van der Waals surface area contributed by atoms with Gasteiger partial charge in [0.05, 0.1) is 19.3 Å². The zero-order valence-corrected chi connectivity index (χ0v) is 14.7. The lowest BCUT2D eigenvalue weighted by molar-refractivity contribution is -0.130. The SMILES string of the molecule is CCc1nc([C@H]2CCCN(C(=O)CNc3ccccc3OC)C2)no1. The minimum atomic E-state index is 0.0646. The summed E-state index contributed by atoms with van der Waals surface area (Å²) < 4.78 is 10.5. The number of piperidine rings is 1. The lowest BCUT2D eigenvalue weighted by Gasteiger charge is -2.31. The highest BCUT2D eigenvalue weighted by Gasteiger charge is 2.27. The number of hydrogen-bond acceptors (Lipinski definition) is 6. The molecule has 0 radical (unpaired) electrons. The third-order valence-electron chi connectivity index (χ3n) is 4.46. The van der Waals surface area contributed by atoms with Crippen LogP contribution in [0.1, 0.15) is 37.4 Å². The van der Waals surface area contributed by atoms with Crippen molar-refractivity contribution in [3.63, 3.8) is 0 Å². The van der Waals surface area contributed by atoms with Crippen molar-refractivity contribution in [1.29, 1.82) is 0 Å². The minimum absolute atomic E-state index is 0.0646. The fraction of sp³-hybridized carbons (Fsp3) is 0.500. The van der Waals surface area contributed by atoms with Crippen LogP contribution in [0.2, 0.25) is 0 Å². The first-order valence-corrected chi connectivity index (χ1v) is 8.68. The lowest BCUT2D eigenvalue weighted by Crippen LogP contribution is -2.42. The Morgan fingerprint density at radius 3 is 3.04 bits per heavy atom. The minimum Gasteiger partial charge on any atom is -0.495 e. The first kappa shape index (κ1) is 17.3. The average molecular weight is 344 g/mol. The Bertz CT molecular complexity index is 716. The van der Waals surface area contributed by atoms with Crippen molar-refractivity contribution in [2.45, 2.75) is 32.1 Å². The molecule has 1 atom stereocenters. The maximum atomic E-state index is 12.6. The number of hydrogen-bond donors (Lipinski definition) is 1. The zero-order valence-electron chi connectivity index (χ0n) is 14.7. The maximum Gasteiger partial charge on any atom is 0.241 e. The van der Waals surface area contributed by atoms with E-state index >= 15 is 0 Å². The zero-order chi connectivity index (χ0) is 17.6. The van der Waals surface area contributed by atoms with Gasteiger partial charge in [-0.1, -0.05) is 24.2 Å².